The average Bonchev–Trinajstić information content (AvgIpc) is 2.94. The van der Waals surface area contributed by atoms with Gasteiger partial charge in [0.25, 0.3) is 0 Å². The van der Waals surface area contributed by atoms with Crippen molar-refractivity contribution in [3.05, 3.63) is 29.7 Å². The van der Waals surface area contributed by atoms with Gasteiger partial charge in [-0.1, -0.05) is 36.6 Å². The average molecular weight is 335 g/mol. The smallest absolute Gasteiger partial charge is 0.241 e. The van der Waals surface area contributed by atoms with Gasteiger partial charge in [-0.25, -0.2) is 13.1 Å². The lowest BCUT2D eigenvalue weighted by Gasteiger charge is -2.23. The molecule has 23 heavy (non-hydrogen) atoms. The van der Waals surface area contributed by atoms with E-state index < -0.39 is 10.0 Å². The number of sulfonamides is 1. The minimum Gasteiger partial charge on any atom is -0.339 e. The van der Waals surface area contributed by atoms with Crippen LogP contribution in [0.5, 0.6) is 0 Å². The minimum absolute atomic E-state index is 0.0317. The third-order valence-corrected chi connectivity index (χ3v) is 5.85. The molecule has 0 atom stereocenters. The SMILES string of the molecule is Cc1nc(-c2ccc(C)c(S(=O)(=O)NC3CCCCC3)c2)no1. The first kappa shape index (κ1) is 16.1. The predicted molar refractivity (Wildman–Crippen MR) is 86.4 cm³/mol. The van der Waals surface area contributed by atoms with Gasteiger partial charge in [0.1, 0.15) is 0 Å². The third kappa shape index (κ3) is 3.61. The Hall–Kier alpha value is -1.73. The van der Waals surface area contributed by atoms with Crippen LogP contribution in [0.25, 0.3) is 11.4 Å². The normalized spacial score (nSPS) is 16.6. The first-order valence-electron chi connectivity index (χ1n) is 7.89. The molecule has 1 aliphatic rings. The molecule has 1 aliphatic carbocycles. The van der Waals surface area contributed by atoms with Gasteiger partial charge >= 0.3 is 0 Å². The lowest BCUT2D eigenvalue weighted by atomic mass is 9.96. The second kappa shape index (κ2) is 6.41. The molecule has 1 aromatic carbocycles. The van der Waals surface area contributed by atoms with Crippen LogP contribution in [-0.4, -0.2) is 24.6 Å². The van der Waals surface area contributed by atoms with Crippen LogP contribution in [0.1, 0.15) is 43.6 Å². The van der Waals surface area contributed by atoms with Crippen molar-refractivity contribution in [2.75, 3.05) is 0 Å². The summed E-state index contributed by atoms with van der Waals surface area (Å²) in [7, 11) is -3.55. The summed E-state index contributed by atoms with van der Waals surface area (Å²) in [6.07, 6.45) is 5.15. The fraction of sp³-hybridized carbons (Fsp3) is 0.500. The molecule has 0 radical (unpaired) electrons. The molecule has 0 unspecified atom stereocenters. The highest BCUT2D eigenvalue weighted by molar-refractivity contribution is 7.89. The second-order valence-corrected chi connectivity index (χ2v) is 7.76. The van der Waals surface area contributed by atoms with Gasteiger partial charge in [0, 0.05) is 18.5 Å². The maximum atomic E-state index is 12.7. The summed E-state index contributed by atoms with van der Waals surface area (Å²) >= 11 is 0. The van der Waals surface area contributed by atoms with Gasteiger partial charge in [-0.05, 0) is 31.4 Å². The minimum atomic E-state index is -3.55. The van der Waals surface area contributed by atoms with Crippen LogP contribution in [0.2, 0.25) is 0 Å². The molecular weight excluding hydrogens is 314 g/mol. The number of nitrogens with zero attached hydrogens (tertiary/aromatic N) is 2. The van der Waals surface area contributed by atoms with E-state index in [1.165, 1.54) is 6.42 Å². The molecule has 0 bridgehead atoms. The van der Waals surface area contributed by atoms with Crippen molar-refractivity contribution in [2.45, 2.75) is 56.9 Å². The quantitative estimate of drug-likeness (QED) is 0.928. The summed E-state index contributed by atoms with van der Waals surface area (Å²) in [5, 5.41) is 3.85. The molecule has 6 nitrogen and oxygen atoms in total. The van der Waals surface area contributed by atoms with Gasteiger partial charge in [-0.3, -0.25) is 0 Å². The van der Waals surface area contributed by atoms with Crippen molar-refractivity contribution in [1.29, 1.82) is 0 Å². The number of rotatable bonds is 4. The van der Waals surface area contributed by atoms with Crippen molar-refractivity contribution >= 4 is 10.0 Å². The van der Waals surface area contributed by atoms with Crippen molar-refractivity contribution < 1.29 is 12.9 Å². The third-order valence-electron chi connectivity index (χ3n) is 4.19. The van der Waals surface area contributed by atoms with Gasteiger partial charge in [-0.2, -0.15) is 4.98 Å². The number of hydrogen-bond donors (Lipinski definition) is 1. The first-order chi connectivity index (χ1) is 11.0. The molecule has 124 valence electrons. The van der Waals surface area contributed by atoms with E-state index >= 15 is 0 Å². The van der Waals surface area contributed by atoms with E-state index in [1.807, 2.05) is 0 Å². The molecule has 3 rings (SSSR count). The van der Waals surface area contributed by atoms with Crippen molar-refractivity contribution in [3.63, 3.8) is 0 Å². The Morgan fingerprint density at radius 2 is 1.91 bits per heavy atom. The highest BCUT2D eigenvalue weighted by Crippen LogP contribution is 2.25. The van der Waals surface area contributed by atoms with Crippen molar-refractivity contribution in [3.8, 4) is 11.4 Å². The topological polar surface area (TPSA) is 85.1 Å². The lowest BCUT2D eigenvalue weighted by molar-refractivity contribution is 0.394. The fourth-order valence-corrected chi connectivity index (χ4v) is 4.52. The zero-order valence-electron chi connectivity index (χ0n) is 13.4. The molecule has 0 spiro atoms. The van der Waals surface area contributed by atoms with Gasteiger partial charge in [-0.15, -0.1) is 0 Å². The van der Waals surface area contributed by atoms with Crippen LogP contribution in [0, 0.1) is 13.8 Å². The Kier molecular flexibility index (Phi) is 4.50. The predicted octanol–water partition coefficient (Wildman–Crippen LogP) is 2.96. The number of nitrogens with one attached hydrogen (secondary N) is 1. The second-order valence-electron chi connectivity index (χ2n) is 6.07. The van der Waals surface area contributed by atoms with E-state index in [2.05, 4.69) is 14.9 Å². The highest BCUT2D eigenvalue weighted by atomic mass is 32.2. The van der Waals surface area contributed by atoms with E-state index in [4.69, 9.17) is 4.52 Å². The van der Waals surface area contributed by atoms with E-state index in [0.717, 1.165) is 25.7 Å². The molecule has 1 saturated carbocycles. The monoisotopic (exact) mass is 335 g/mol. The number of benzene rings is 1. The van der Waals surface area contributed by atoms with Crippen LogP contribution in [0.15, 0.2) is 27.6 Å². The van der Waals surface area contributed by atoms with Crippen molar-refractivity contribution in [2.24, 2.45) is 0 Å². The Morgan fingerprint density at radius 1 is 1.17 bits per heavy atom. The number of aryl methyl sites for hydroxylation is 2. The molecule has 2 aromatic rings. The molecule has 0 saturated heterocycles. The molecule has 7 heteroatoms. The largest absolute Gasteiger partial charge is 0.339 e. The Labute approximate surface area is 136 Å². The summed E-state index contributed by atoms with van der Waals surface area (Å²) < 4.78 is 33.3. The zero-order valence-corrected chi connectivity index (χ0v) is 14.2. The van der Waals surface area contributed by atoms with E-state index in [1.54, 1.807) is 32.0 Å². The first-order valence-corrected chi connectivity index (χ1v) is 9.38. The van der Waals surface area contributed by atoms with Crippen LogP contribution >= 0.6 is 0 Å². The molecule has 1 fully saturated rings. The summed E-state index contributed by atoms with van der Waals surface area (Å²) in [5.41, 5.74) is 1.34. The van der Waals surface area contributed by atoms with Gasteiger partial charge in [0.05, 0.1) is 4.90 Å². The van der Waals surface area contributed by atoms with E-state index in [-0.39, 0.29) is 10.9 Å². The Balaban J connectivity index is 1.91. The van der Waals surface area contributed by atoms with Crippen molar-refractivity contribution in [1.82, 2.24) is 14.9 Å². The van der Waals surface area contributed by atoms with E-state index in [0.29, 0.717) is 22.8 Å². The Bertz CT molecular complexity index is 793. The summed E-state index contributed by atoms with van der Waals surface area (Å²) in [5.74, 6) is 0.849. The van der Waals surface area contributed by atoms with Crippen LogP contribution in [0.3, 0.4) is 0 Å². The zero-order chi connectivity index (χ0) is 16.4. The summed E-state index contributed by atoms with van der Waals surface area (Å²) in [4.78, 5) is 4.44. The van der Waals surface area contributed by atoms with Crippen LogP contribution in [-0.2, 0) is 10.0 Å². The number of hydrogen-bond acceptors (Lipinski definition) is 5. The number of aromatic nitrogens is 2. The molecule has 1 aromatic heterocycles. The lowest BCUT2D eigenvalue weighted by Crippen LogP contribution is -2.36. The van der Waals surface area contributed by atoms with Crippen LogP contribution < -0.4 is 4.72 Å². The molecule has 0 aliphatic heterocycles. The summed E-state index contributed by atoms with van der Waals surface area (Å²) in [6, 6.07) is 5.23. The van der Waals surface area contributed by atoms with Crippen LogP contribution in [0.4, 0.5) is 0 Å². The maximum absolute atomic E-state index is 12.7. The highest BCUT2D eigenvalue weighted by Gasteiger charge is 2.24. The molecule has 1 heterocycles. The summed E-state index contributed by atoms with van der Waals surface area (Å²) in [6.45, 7) is 3.49. The molecule has 1 N–H and O–H groups in total. The van der Waals surface area contributed by atoms with Gasteiger partial charge in [0.2, 0.25) is 21.7 Å². The van der Waals surface area contributed by atoms with Gasteiger partial charge < -0.3 is 4.52 Å². The maximum Gasteiger partial charge on any atom is 0.241 e. The molecular formula is C16H21N3O3S. The van der Waals surface area contributed by atoms with E-state index in [9.17, 15) is 8.42 Å². The van der Waals surface area contributed by atoms with Gasteiger partial charge in [0.15, 0.2) is 0 Å². The standard InChI is InChI=1S/C16H21N3O3S/c1-11-8-9-13(16-17-12(2)22-18-16)10-15(11)23(20,21)19-14-6-4-3-5-7-14/h8-10,14,19H,3-7H2,1-2H3. The Morgan fingerprint density at radius 3 is 2.57 bits per heavy atom. The molecule has 0 amide bonds. The fourth-order valence-electron chi connectivity index (χ4n) is 2.95.